The fourth-order valence-electron chi connectivity index (χ4n) is 1.69. The number of aryl methyl sites for hydroxylation is 2. The first kappa shape index (κ1) is 10.9. The summed E-state index contributed by atoms with van der Waals surface area (Å²) >= 11 is 0. The number of H-pyrrole nitrogens is 1. The van der Waals surface area contributed by atoms with E-state index >= 15 is 0 Å². The van der Waals surface area contributed by atoms with Crippen LogP contribution in [0.15, 0.2) is 24.3 Å². The molecule has 3 N–H and O–H groups in total. The van der Waals surface area contributed by atoms with Crippen LogP contribution in [0.3, 0.4) is 0 Å². The molecular formula is C13H17N3. The zero-order chi connectivity index (χ0) is 11.5. The molecule has 0 saturated heterocycles. The van der Waals surface area contributed by atoms with Crippen molar-refractivity contribution in [3.63, 3.8) is 0 Å². The third kappa shape index (κ3) is 2.14. The highest BCUT2D eigenvalue weighted by Crippen LogP contribution is 2.20. The number of rotatable bonds is 3. The maximum Gasteiger partial charge on any atom is 0.0923 e. The third-order valence-electron chi connectivity index (χ3n) is 2.85. The van der Waals surface area contributed by atoms with Crippen LogP contribution in [0, 0.1) is 13.8 Å². The molecule has 0 aliphatic carbocycles. The Kier molecular flexibility index (Phi) is 3.06. The summed E-state index contributed by atoms with van der Waals surface area (Å²) in [4.78, 5) is 0. The van der Waals surface area contributed by atoms with E-state index < -0.39 is 0 Å². The van der Waals surface area contributed by atoms with Crippen LogP contribution in [-0.4, -0.2) is 16.7 Å². The minimum atomic E-state index is 0.647. The Bertz CT molecular complexity index is 486. The molecule has 0 fully saturated rings. The van der Waals surface area contributed by atoms with Gasteiger partial charge in [-0.05, 0) is 43.7 Å². The fraction of sp³-hybridized carbons (Fsp3) is 0.308. The maximum atomic E-state index is 5.50. The Morgan fingerprint density at radius 1 is 1.19 bits per heavy atom. The van der Waals surface area contributed by atoms with Crippen LogP contribution < -0.4 is 5.73 Å². The summed E-state index contributed by atoms with van der Waals surface area (Å²) in [5.41, 5.74) is 11.3. The monoisotopic (exact) mass is 215 g/mol. The van der Waals surface area contributed by atoms with E-state index in [1.165, 1.54) is 11.1 Å². The van der Waals surface area contributed by atoms with Gasteiger partial charge in [0.1, 0.15) is 0 Å². The minimum Gasteiger partial charge on any atom is -0.330 e. The topological polar surface area (TPSA) is 54.7 Å². The number of nitrogens with one attached hydrogen (secondary N) is 1. The third-order valence-corrected chi connectivity index (χ3v) is 2.85. The quantitative estimate of drug-likeness (QED) is 0.824. The predicted molar refractivity (Wildman–Crippen MR) is 66.3 cm³/mol. The number of nitrogens with zero attached hydrogens (tertiary/aromatic N) is 1. The summed E-state index contributed by atoms with van der Waals surface area (Å²) < 4.78 is 0. The number of benzene rings is 1. The first-order valence-electron chi connectivity index (χ1n) is 5.52. The second kappa shape index (κ2) is 4.49. The van der Waals surface area contributed by atoms with Crippen molar-refractivity contribution in [3.05, 3.63) is 41.1 Å². The lowest BCUT2D eigenvalue weighted by molar-refractivity contribution is 0.902. The van der Waals surface area contributed by atoms with Gasteiger partial charge in [-0.25, -0.2) is 0 Å². The molecule has 0 spiro atoms. The van der Waals surface area contributed by atoms with Crippen molar-refractivity contribution in [2.24, 2.45) is 5.73 Å². The molecule has 0 amide bonds. The molecule has 3 heteroatoms. The van der Waals surface area contributed by atoms with E-state index in [0.29, 0.717) is 6.54 Å². The lowest BCUT2D eigenvalue weighted by Gasteiger charge is -2.01. The Labute approximate surface area is 95.7 Å². The van der Waals surface area contributed by atoms with E-state index in [9.17, 15) is 0 Å². The molecular weight excluding hydrogens is 198 g/mol. The number of hydrogen-bond donors (Lipinski definition) is 2. The molecule has 1 heterocycles. The van der Waals surface area contributed by atoms with Gasteiger partial charge in [0.05, 0.1) is 5.69 Å². The normalized spacial score (nSPS) is 10.7. The zero-order valence-electron chi connectivity index (χ0n) is 9.75. The summed E-state index contributed by atoms with van der Waals surface area (Å²) in [5.74, 6) is 0. The van der Waals surface area contributed by atoms with Gasteiger partial charge in [-0.1, -0.05) is 12.1 Å². The van der Waals surface area contributed by atoms with E-state index in [1.54, 1.807) is 0 Å². The Hall–Kier alpha value is -1.61. The van der Waals surface area contributed by atoms with Gasteiger partial charge in [-0.3, -0.25) is 5.10 Å². The molecule has 1 aromatic heterocycles. The summed E-state index contributed by atoms with van der Waals surface area (Å²) in [6.07, 6.45) is 0.845. The summed E-state index contributed by atoms with van der Waals surface area (Å²) in [6.45, 7) is 4.88. The second-order valence-corrected chi connectivity index (χ2v) is 4.12. The molecule has 3 nitrogen and oxygen atoms in total. The smallest absolute Gasteiger partial charge is 0.0923 e. The van der Waals surface area contributed by atoms with Crippen LogP contribution in [-0.2, 0) is 6.42 Å². The van der Waals surface area contributed by atoms with Gasteiger partial charge in [-0.2, -0.15) is 5.10 Å². The largest absolute Gasteiger partial charge is 0.330 e. The average Bonchev–Trinajstić information content (AvgIpc) is 2.71. The number of hydrogen-bond acceptors (Lipinski definition) is 2. The highest BCUT2D eigenvalue weighted by Gasteiger charge is 2.04. The van der Waals surface area contributed by atoms with E-state index in [2.05, 4.69) is 48.3 Å². The highest BCUT2D eigenvalue weighted by atomic mass is 15.1. The Morgan fingerprint density at radius 2 is 2.00 bits per heavy atom. The molecule has 0 saturated carbocycles. The number of aromatic amines is 1. The molecule has 0 radical (unpaired) electrons. The molecule has 2 rings (SSSR count). The van der Waals surface area contributed by atoms with E-state index in [0.717, 1.165) is 23.4 Å². The van der Waals surface area contributed by atoms with Crippen LogP contribution in [0.2, 0.25) is 0 Å². The van der Waals surface area contributed by atoms with Crippen molar-refractivity contribution in [2.45, 2.75) is 20.3 Å². The zero-order valence-corrected chi connectivity index (χ0v) is 9.75. The Balaban J connectivity index is 2.31. The molecule has 1 aromatic carbocycles. The van der Waals surface area contributed by atoms with Crippen LogP contribution in [0.1, 0.15) is 16.8 Å². The number of aromatic nitrogens is 2. The van der Waals surface area contributed by atoms with Crippen molar-refractivity contribution in [3.8, 4) is 11.3 Å². The Morgan fingerprint density at radius 3 is 2.69 bits per heavy atom. The first-order chi connectivity index (χ1) is 7.70. The molecule has 0 aliphatic heterocycles. The van der Waals surface area contributed by atoms with Crippen molar-refractivity contribution >= 4 is 0 Å². The average molecular weight is 215 g/mol. The lowest BCUT2D eigenvalue weighted by atomic mass is 10.0. The fourth-order valence-corrected chi connectivity index (χ4v) is 1.69. The van der Waals surface area contributed by atoms with Gasteiger partial charge in [0.15, 0.2) is 0 Å². The van der Waals surface area contributed by atoms with Gasteiger partial charge in [0.25, 0.3) is 0 Å². The van der Waals surface area contributed by atoms with Crippen LogP contribution in [0.4, 0.5) is 0 Å². The number of nitrogens with two attached hydrogens (primary N) is 1. The molecule has 0 unspecified atom stereocenters. The second-order valence-electron chi connectivity index (χ2n) is 4.12. The van der Waals surface area contributed by atoms with Crippen molar-refractivity contribution in [1.82, 2.24) is 10.2 Å². The first-order valence-corrected chi connectivity index (χ1v) is 5.52. The summed E-state index contributed by atoms with van der Waals surface area (Å²) in [7, 11) is 0. The molecule has 0 bridgehead atoms. The summed E-state index contributed by atoms with van der Waals surface area (Å²) in [6, 6.07) is 8.46. The van der Waals surface area contributed by atoms with Gasteiger partial charge in [0.2, 0.25) is 0 Å². The van der Waals surface area contributed by atoms with Crippen LogP contribution in [0.25, 0.3) is 11.3 Å². The van der Waals surface area contributed by atoms with Crippen molar-refractivity contribution in [2.75, 3.05) is 6.54 Å². The molecule has 16 heavy (non-hydrogen) atoms. The van der Waals surface area contributed by atoms with Crippen LogP contribution >= 0.6 is 0 Å². The molecule has 84 valence electrons. The van der Waals surface area contributed by atoms with Crippen molar-refractivity contribution < 1.29 is 0 Å². The van der Waals surface area contributed by atoms with Gasteiger partial charge < -0.3 is 5.73 Å². The lowest BCUT2D eigenvalue weighted by Crippen LogP contribution is -2.02. The van der Waals surface area contributed by atoms with Crippen molar-refractivity contribution in [1.29, 1.82) is 0 Å². The molecule has 0 aliphatic rings. The van der Waals surface area contributed by atoms with Crippen LogP contribution in [0.5, 0.6) is 0 Å². The van der Waals surface area contributed by atoms with Gasteiger partial charge in [0, 0.05) is 17.7 Å². The van der Waals surface area contributed by atoms with Gasteiger partial charge in [-0.15, -0.1) is 0 Å². The molecule has 0 atom stereocenters. The summed E-state index contributed by atoms with van der Waals surface area (Å²) in [5, 5.41) is 7.30. The van der Waals surface area contributed by atoms with E-state index in [-0.39, 0.29) is 0 Å². The van der Waals surface area contributed by atoms with E-state index in [1.807, 2.05) is 0 Å². The highest BCUT2D eigenvalue weighted by molar-refractivity contribution is 5.61. The predicted octanol–water partition coefficient (Wildman–Crippen LogP) is 2.19. The SMILES string of the molecule is Cc1ccc(-c2cc(CCN)[nH]n2)cc1C. The van der Waals surface area contributed by atoms with E-state index in [4.69, 9.17) is 5.73 Å². The van der Waals surface area contributed by atoms with Gasteiger partial charge >= 0.3 is 0 Å². The minimum absolute atomic E-state index is 0.647. The maximum absolute atomic E-state index is 5.50. The standard InChI is InChI=1S/C13H17N3/c1-9-3-4-11(7-10(9)2)13-8-12(5-6-14)15-16-13/h3-4,7-8H,5-6,14H2,1-2H3,(H,15,16). The molecule has 2 aromatic rings.